The Bertz CT molecular complexity index is 1180. The Labute approximate surface area is 211 Å². The number of aryl methyl sites for hydroxylation is 1. The number of anilines is 1. The first-order valence-electron chi connectivity index (χ1n) is 10.9. The Morgan fingerprint density at radius 1 is 1.23 bits per heavy atom. The minimum absolute atomic E-state index is 0.0406. The van der Waals surface area contributed by atoms with Gasteiger partial charge in [-0.2, -0.15) is 0 Å². The Balaban J connectivity index is 1.74. The van der Waals surface area contributed by atoms with Crippen LogP contribution >= 0.6 is 22.9 Å². The van der Waals surface area contributed by atoms with E-state index < -0.39 is 18.0 Å². The third-order valence-electron chi connectivity index (χ3n) is 4.77. The third-order valence-corrected chi connectivity index (χ3v) is 6.08. The second-order valence-electron chi connectivity index (χ2n) is 8.01. The molecule has 9 nitrogen and oxygen atoms in total. The maximum atomic E-state index is 14.8. The predicted octanol–water partition coefficient (Wildman–Crippen LogP) is 4.67. The molecule has 1 atom stereocenters. The van der Waals surface area contributed by atoms with Gasteiger partial charge in [-0.15, -0.1) is 10.2 Å². The van der Waals surface area contributed by atoms with Gasteiger partial charge in [0.25, 0.3) is 0 Å². The maximum Gasteiger partial charge on any atom is 0.407 e. The van der Waals surface area contributed by atoms with Crippen molar-refractivity contribution in [3.8, 4) is 26.9 Å². The van der Waals surface area contributed by atoms with Crippen LogP contribution in [-0.2, 0) is 4.74 Å². The second kappa shape index (κ2) is 12.1. The highest BCUT2D eigenvalue weighted by molar-refractivity contribution is 7.18. The fourth-order valence-electron chi connectivity index (χ4n) is 3.16. The summed E-state index contributed by atoms with van der Waals surface area (Å²) in [5.41, 5.74) is 2.07. The molecule has 0 aliphatic carbocycles. The lowest BCUT2D eigenvalue weighted by Gasteiger charge is -2.16. The van der Waals surface area contributed by atoms with E-state index in [0.29, 0.717) is 15.6 Å². The van der Waals surface area contributed by atoms with Gasteiger partial charge >= 0.3 is 6.09 Å². The summed E-state index contributed by atoms with van der Waals surface area (Å²) in [7, 11) is 1.22. The zero-order chi connectivity index (χ0) is 25.5. The van der Waals surface area contributed by atoms with E-state index in [1.54, 1.807) is 0 Å². The first-order valence-corrected chi connectivity index (χ1v) is 12.1. The summed E-state index contributed by atoms with van der Waals surface area (Å²) in [4.78, 5) is 15.8. The van der Waals surface area contributed by atoms with Crippen LogP contribution in [0.15, 0.2) is 24.3 Å². The van der Waals surface area contributed by atoms with E-state index in [4.69, 9.17) is 16.3 Å². The summed E-state index contributed by atoms with van der Waals surface area (Å²) in [6, 6.07) is 6.06. The minimum atomic E-state index is -0.673. The monoisotopic (exact) mass is 523 g/mol. The van der Waals surface area contributed by atoms with E-state index in [0.717, 1.165) is 17.1 Å². The number of aliphatic hydroxyl groups excluding tert-OH is 1. The molecule has 0 aliphatic heterocycles. The SMILES string of the molecule is COC(=O)N[C@@H](CO)CCOc1cc(Cl)c(-c2nnc(-c3cc(C)nc(NC(C)C)c3)s2)cc1F. The molecule has 0 saturated carbocycles. The topological polar surface area (TPSA) is 118 Å². The van der Waals surface area contributed by atoms with E-state index in [1.807, 2.05) is 32.9 Å². The fraction of sp³-hybridized carbons (Fsp3) is 0.391. The van der Waals surface area contributed by atoms with Crippen LogP contribution in [0.5, 0.6) is 5.75 Å². The van der Waals surface area contributed by atoms with Crippen LogP contribution in [0.3, 0.4) is 0 Å². The van der Waals surface area contributed by atoms with Gasteiger partial charge in [0.2, 0.25) is 0 Å². The van der Waals surface area contributed by atoms with Crippen LogP contribution in [0.25, 0.3) is 21.1 Å². The smallest absolute Gasteiger partial charge is 0.407 e. The molecule has 0 bridgehead atoms. The average Bonchev–Trinajstić information content (AvgIpc) is 3.29. The quantitative estimate of drug-likeness (QED) is 0.350. The summed E-state index contributed by atoms with van der Waals surface area (Å²) >= 11 is 7.70. The van der Waals surface area contributed by atoms with Crippen molar-refractivity contribution in [1.29, 1.82) is 0 Å². The van der Waals surface area contributed by atoms with Crippen molar-refractivity contribution in [2.45, 2.75) is 39.3 Å². The van der Waals surface area contributed by atoms with Crippen molar-refractivity contribution >= 4 is 34.8 Å². The normalized spacial score (nSPS) is 11.9. The summed E-state index contributed by atoms with van der Waals surface area (Å²) in [6.45, 7) is 5.68. The molecule has 2 heterocycles. The van der Waals surface area contributed by atoms with Gasteiger partial charge in [0, 0.05) is 35.3 Å². The number of carbonyl (C=O) groups excluding carboxylic acids is 1. The standard InChI is InChI=1S/C23H27ClFN5O4S/c1-12(2)26-20-8-14(7-13(3)27-20)21-29-30-22(35-21)16-9-18(25)19(10-17(16)24)34-6-5-15(11-31)28-23(32)33-4/h7-10,12,15,31H,5-6,11H2,1-4H3,(H,26,27)(H,28,32)/t15-/m1/s1. The number of carbonyl (C=O) groups is 1. The van der Waals surface area contributed by atoms with Crippen molar-refractivity contribution in [2.24, 2.45) is 0 Å². The van der Waals surface area contributed by atoms with E-state index in [2.05, 4.69) is 30.6 Å². The van der Waals surface area contributed by atoms with Gasteiger partial charge in [-0.1, -0.05) is 22.9 Å². The minimum Gasteiger partial charge on any atom is -0.490 e. The van der Waals surface area contributed by atoms with Crippen LogP contribution in [0.1, 0.15) is 26.0 Å². The number of methoxy groups -OCH3 is 1. The lowest BCUT2D eigenvalue weighted by Crippen LogP contribution is -2.38. The third kappa shape index (κ3) is 7.23. The molecule has 3 aromatic rings. The summed E-state index contributed by atoms with van der Waals surface area (Å²) in [6.07, 6.45) is -0.434. The number of aliphatic hydroxyl groups is 1. The predicted molar refractivity (Wildman–Crippen MR) is 134 cm³/mol. The van der Waals surface area contributed by atoms with Crippen LogP contribution in [-0.4, -0.2) is 58.8 Å². The average molecular weight is 524 g/mol. The fourth-order valence-corrected chi connectivity index (χ4v) is 4.32. The van der Waals surface area contributed by atoms with Crippen LogP contribution in [0.4, 0.5) is 15.0 Å². The maximum absolute atomic E-state index is 14.8. The summed E-state index contributed by atoms with van der Waals surface area (Å²) in [5, 5.41) is 24.9. The lowest BCUT2D eigenvalue weighted by molar-refractivity contribution is 0.151. The van der Waals surface area contributed by atoms with E-state index in [1.165, 1.54) is 30.6 Å². The number of hydrogen-bond donors (Lipinski definition) is 3. The Morgan fingerprint density at radius 2 is 1.97 bits per heavy atom. The molecule has 12 heteroatoms. The van der Waals surface area contributed by atoms with Crippen molar-refractivity contribution in [3.05, 3.63) is 40.8 Å². The molecule has 0 radical (unpaired) electrons. The number of nitrogens with one attached hydrogen (secondary N) is 2. The van der Waals surface area contributed by atoms with Gasteiger partial charge in [-0.25, -0.2) is 14.2 Å². The number of pyridine rings is 1. The zero-order valence-corrected chi connectivity index (χ0v) is 21.3. The van der Waals surface area contributed by atoms with Crippen molar-refractivity contribution < 1.29 is 23.8 Å². The van der Waals surface area contributed by atoms with Gasteiger partial charge in [0.05, 0.1) is 31.4 Å². The molecule has 0 fully saturated rings. The largest absolute Gasteiger partial charge is 0.490 e. The van der Waals surface area contributed by atoms with Crippen molar-refractivity contribution in [3.63, 3.8) is 0 Å². The van der Waals surface area contributed by atoms with Gasteiger partial charge in [-0.05, 0) is 39.0 Å². The van der Waals surface area contributed by atoms with Crippen LogP contribution < -0.4 is 15.4 Å². The number of nitrogens with zero attached hydrogens (tertiary/aromatic N) is 3. The van der Waals surface area contributed by atoms with Crippen molar-refractivity contribution in [2.75, 3.05) is 25.6 Å². The van der Waals surface area contributed by atoms with Crippen LogP contribution in [0, 0.1) is 12.7 Å². The second-order valence-corrected chi connectivity index (χ2v) is 9.39. The number of amides is 1. The molecule has 3 rings (SSSR count). The highest BCUT2D eigenvalue weighted by Crippen LogP contribution is 2.37. The number of alkyl carbamates (subject to hydrolysis) is 1. The number of halogens is 2. The number of rotatable bonds is 10. The molecule has 1 amide bonds. The highest BCUT2D eigenvalue weighted by Gasteiger charge is 2.18. The van der Waals surface area contributed by atoms with Crippen molar-refractivity contribution in [1.82, 2.24) is 20.5 Å². The Hall–Kier alpha value is -3.02. The van der Waals surface area contributed by atoms with Gasteiger partial charge in [0.15, 0.2) is 11.6 Å². The van der Waals surface area contributed by atoms with E-state index >= 15 is 0 Å². The number of hydrogen-bond acceptors (Lipinski definition) is 9. The lowest BCUT2D eigenvalue weighted by atomic mass is 10.2. The number of benzene rings is 1. The van der Waals surface area contributed by atoms with E-state index in [-0.39, 0.29) is 36.4 Å². The molecule has 2 aromatic heterocycles. The van der Waals surface area contributed by atoms with Crippen LogP contribution in [0.2, 0.25) is 5.02 Å². The summed E-state index contributed by atoms with van der Waals surface area (Å²) < 4.78 is 24.7. The molecule has 1 aromatic carbocycles. The molecule has 188 valence electrons. The Kier molecular flexibility index (Phi) is 9.19. The van der Waals surface area contributed by atoms with Gasteiger partial charge in [0.1, 0.15) is 15.8 Å². The van der Waals surface area contributed by atoms with Gasteiger partial charge < -0.3 is 25.2 Å². The number of aromatic nitrogens is 3. The first kappa shape index (κ1) is 26.6. The summed E-state index contributed by atoms with van der Waals surface area (Å²) in [5.74, 6) is 0.0701. The Morgan fingerprint density at radius 3 is 2.66 bits per heavy atom. The first-order chi connectivity index (χ1) is 16.7. The molecule has 0 aliphatic rings. The molecular formula is C23H27ClFN5O4S. The molecule has 0 spiro atoms. The highest BCUT2D eigenvalue weighted by atomic mass is 35.5. The zero-order valence-electron chi connectivity index (χ0n) is 19.8. The van der Waals surface area contributed by atoms with Gasteiger partial charge in [-0.3, -0.25) is 0 Å². The van der Waals surface area contributed by atoms with E-state index in [9.17, 15) is 14.3 Å². The molecule has 35 heavy (non-hydrogen) atoms. The number of ether oxygens (including phenoxy) is 2. The molecule has 0 unspecified atom stereocenters. The molecule has 3 N–H and O–H groups in total. The molecule has 0 saturated heterocycles. The molecular weight excluding hydrogens is 497 g/mol.